The molecule has 12 heteroatoms. The van der Waals surface area contributed by atoms with Gasteiger partial charge in [0, 0.05) is 25.2 Å². The van der Waals surface area contributed by atoms with Crippen LogP contribution in [-0.2, 0) is 9.59 Å². The standard InChI is InChI=1S/C20H29ClFN7O3/c1-27-9-15-7-14(27)10-29(15)18-16(22)17(23-20(21)24-18)25-26-19(31)13(8-28(32)11-30)6-12-4-2-3-5-12/h11-15,32H,2-10H2,1H3,(H,26,31)(H,23,24,25)/t13-,14+,15+/m1/s1. The Labute approximate surface area is 191 Å². The number of nitrogens with zero attached hydrogens (tertiary/aromatic N) is 5. The zero-order valence-corrected chi connectivity index (χ0v) is 18.8. The van der Waals surface area contributed by atoms with Gasteiger partial charge in [0.25, 0.3) is 0 Å². The average molecular weight is 470 g/mol. The topological polar surface area (TPSA) is 114 Å². The highest BCUT2D eigenvalue weighted by molar-refractivity contribution is 6.28. The summed E-state index contributed by atoms with van der Waals surface area (Å²) in [5.74, 6) is -1.55. The smallest absolute Gasteiger partial charge is 0.243 e. The summed E-state index contributed by atoms with van der Waals surface area (Å²) in [6, 6.07) is 0.502. The first-order chi connectivity index (χ1) is 15.4. The van der Waals surface area contributed by atoms with E-state index >= 15 is 4.39 Å². The minimum absolute atomic E-state index is 0.118. The molecule has 10 nitrogen and oxygen atoms in total. The van der Waals surface area contributed by atoms with E-state index in [0.29, 0.717) is 30.0 Å². The number of aromatic nitrogens is 2. The van der Waals surface area contributed by atoms with Gasteiger partial charge in [-0.15, -0.1) is 0 Å². The van der Waals surface area contributed by atoms with Crippen molar-refractivity contribution in [1.29, 1.82) is 0 Å². The van der Waals surface area contributed by atoms with E-state index in [1.807, 2.05) is 11.9 Å². The highest BCUT2D eigenvalue weighted by Crippen LogP contribution is 2.35. The van der Waals surface area contributed by atoms with Crippen molar-refractivity contribution in [2.75, 3.05) is 37.0 Å². The van der Waals surface area contributed by atoms with Gasteiger partial charge in [0.2, 0.25) is 23.4 Å². The molecule has 176 valence electrons. The van der Waals surface area contributed by atoms with Gasteiger partial charge in [-0.3, -0.25) is 30.5 Å². The summed E-state index contributed by atoms with van der Waals surface area (Å²) in [6.07, 6.45) is 5.96. The molecule has 0 aromatic carbocycles. The molecule has 2 saturated heterocycles. The zero-order chi connectivity index (χ0) is 22.8. The van der Waals surface area contributed by atoms with Crippen molar-refractivity contribution in [3.8, 4) is 0 Å². The molecule has 3 atom stereocenters. The number of rotatable bonds is 9. The van der Waals surface area contributed by atoms with Crippen LogP contribution in [0.5, 0.6) is 0 Å². The van der Waals surface area contributed by atoms with E-state index in [1.54, 1.807) is 0 Å². The number of piperazine rings is 1. The number of amides is 2. The summed E-state index contributed by atoms with van der Waals surface area (Å²) >= 11 is 6.05. The van der Waals surface area contributed by atoms with Gasteiger partial charge in [-0.05, 0) is 37.4 Å². The monoisotopic (exact) mass is 469 g/mol. The maximum absolute atomic E-state index is 15.2. The second-order valence-electron chi connectivity index (χ2n) is 9.04. The Bertz CT molecular complexity index is 855. The molecule has 1 aliphatic carbocycles. The van der Waals surface area contributed by atoms with Gasteiger partial charge in [-0.1, -0.05) is 25.7 Å². The Morgan fingerprint density at radius 3 is 2.72 bits per heavy atom. The number of hydroxylamine groups is 2. The molecule has 3 N–H and O–H groups in total. The van der Waals surface area contributed by atoms with Crippen LogP contribution in [-0.4, -0.2) is 76.2 Å². The molecule has 1 saturated carbocycles. The number of hydrazine groups is 1. The largest absolute Gasteiger partial charge is 0.348 e. The fourth-order valence-corrected chi connectivity index (χ4v) is 5.38. The van der Waals surface area contributed by atoms with Crippen LogP contribution in [0.15, 0.2) is 0 Å². The molecular formula is C20H29ClFN7O3. The highest BCUT2D eigenvalue weighted by atomic mass is 35.5. The Balaban J connectivity index is 1.44. The number of likely N-dealkylation sites (N-methyl/N-ethyl adjacent to an activating group) is 1. The lowest BCUT2D eigenvalue weighted by atomic mass is 9.92. The van der Waals surface area contributed by atoms with Crippen molar-refractivity contribution in [1.82, 2.24) is 25.4 Å². The number of hydrogen-bond donors (Lipinski definition) is 3. The predicted octanol–water partition coefficient (Wildman–Crippen LogP) is 1.65. The first kappa shape index (κ1) is 22.9. The SMILES string of the molecule is CN1C[C@@H]2C[C@H]1CN2c1nc(Cl)nc(NNC(=O)[C@H](CC2CCCC2)CN(O)C=O)c1F. The molecule has 0 unspecified atom stereocenters. The second kappa shape index (κ2) is 9.72. The molecular weight excluding hydrogens is 441 g/mol. The van der Waals surface area contributed by atoms with E-state index in [2.05, 4.69) is 25.7 Å². The molecule has 0 radical (unpaired) electrons. The van der Waals surface area contributed by atoms with Crippen LogP contribution in [0.2, 0.25) is 5.28 Å². The van der Waals surface area contributed by atoms with Crippen LogP contribution in [0.4, 0.5) is 16.0 Å². The van der Waals surface area contributed by atoms with Crippen LogP contribution in [0, 0.1) is 17.7 Å². The maximum atomic E-state index is 15.2. The molecule has 4 rings (SSSR count). The van der Waals surface area contributed by atoms with E-state index in [4.69, 9.17) is 11.6 Å². The molecule has 1 aromatic rings. The molecule has 3 fully saturated rings. The van der Waals surface area contributed by atoms with Gasteiger partial charge in [-0.2, -0.15) is 14.4 Å². The summed E-state index contributed by atoms with van der Waals surface area (Å²) in [7, 11) is 2.05. The number of carbonyl (C=O) groups excluding carboxylic acids is 2. The molecule has 2 aliphatic heterocycles. The van der Waals surface area contributed by atoms with Crippen molar-refractivity contribution >= 4 is 35.6 Å². The summed E-state index contributed by atoms with van der Waals surface area (Å²) in [5.41, 5.74) is 5.00. The fraction of sp³-hybridized carbons (Fsp3) is 0.700. The summed E-state index contributed by atoms with van der Waals surface area (Å²) in [4.78, 5) is 35.8. The van der Waals surface area contributed by atoms with Gasteiger partial charge < -0.3 is 4.90 Å². The lowest BCUT2D eigenvalue weighted by molar-refractivity contribution is -0.154. The van der Waals surface area contributed by atoms with Crippen molar-refractivity contribution in [3.63, 3.8) is 0 Å². The first-order valence-corrected chi connectivity index (χ1v) is 11.4. The van der Waals surface area contributed by atoms with Gasteiger partial charge in [-0.25, -0.2) is 5.06 Å². The maximum Gasteiger partial charge on any atom is 0.243 e. The van der Waals surface area contributed by atoms with Gasteiger partial charge in [0.15, 0.2) is 11.6 Å². The quantitative estimate of drug-likeness (QED) is 0.216. The van der Waals surface area contributed by atoms with Crippen LogP contribution >= 0.6 is 11.6 Å². The van der Waals surface area contributed by atoms with Gasteiger partial charge >= 0.3 is 0 Å². The highest BCUT2D eigenvalue weighted by Gasteiger charge is 2.43. The van der Waals surface area contributed by atoms with E-state index in [-0.39, 0.29) is 35.9 Å². The number of likely N-dealkylation sites (tertiary alicyclic amines) is 1. The van der Waals surface area contributed by atoms with Crippen LogP contribution < -0.4 is 15.8 Å². The third-order valence-corrected chi connectivity index (χ3v) is 7.06. The zero-order valence-electron chi connectivity index (χ0n) is 18.0. The van der Waals surface area contributed by atoms with Gasteiger partial charge in [0.05, 0.1) is 12.5 Å². The Morgan fingerprint density at radius 2 is 2.09 bits per heavy atom. The molecule has 1 aromatic heterocycles. The van der Waals surface area contributed by atoms with E-state index in [1.165, 1.54) is 0 Å². The van der Waals surface area contributed by atoms with Crippen LogP contribution in [0.1, 0.15) is 38.5 Å². The minimum atomic E-state index is -0.686. The molecule has 3 aliphatic rings. The Morgan fingerprint density at radius 1 is 1.34 bits per heavy atom. The molecule has 0 spiro atoms. The molecule has 2 bridgehead atoms. The Kier molecular flexibility index (Phi) is 6.96. The Hall–Kier alpha value is -2.24. The summed E-state index contributed by atoms with van der Waals surface area (Å²) in [5, 5.41) is 9.93. The van der Waals surface area contributed by atoms with Crippen molar-refractivity contribution < 1.29 is 19.2 Å². The van der Waals surface area contributed by atoms with Crippen molar-refractivity contribution in [2.24, 2.45) is 11.8 Å². The van der Waals surface area contributed by atoms with E-state index in [9.17, 15) is 14.8 Å². The number of anilines is 2. The minimum Gasteiger partial charge on any atom is -0.348 e. The van der Waals surface area contributed by atoms with Crippen LogP contribution in [0.3, 0.4) is 0 Å². The summed E-state index contributed by atoms with van der Waals surface area (Å²) < 4.78 is 15.2. The summed E-state index contributed by atoms with van der Waals surface area (Å²) in [6.45, 7) is 1.33. The second-order valence-corrected chi connectivity index (χ2v) is 9.38. The molecule has 3 heterocycles. The number of hydrogen-bond acceptors (Lipinski definition) is 8. The number of fused-ring (bicyclic) bond motifs is 2. The fourth-order valence-electron chi connectivity index (χ4n) is 5.21. The number of nitrogens with one attached hydrogen (secondary N) is 2. The predicted molar refractivity (Wildman–Crippen MR) is 116 cm³/mol. The third kappa shape index (κ3) is 4.89. The normalized spacial score (nSPS) is 24.1. The lowest BCUT2D eigenvalue weighted by Crippen LogP contribution is -2.45. The van der Waals surface area contributed by atoms with Crippen molar-refractivity contribution in [2.45, 2.75) is 50.6 Å². The molecule has 32 heavy (non-hydrogen) atoms. The van der Waals surface area contributed by atoms with E-state index < -0.39 is 17.6 Å². The first-order valence-electron chi connectivity index (χ1n) is 11.0. The number of halogens is 2. The van der Waals surface area contributed by atoms with Crippen LogP contribution in [0.25, 0.3) is 0 Å². The molecule has 2 amide bonds. The third-order valence-electron chi connectivity index (χ3n) is 6.89. The van der Waals surface area contributed by atoms with E-state index in [0.717, 1.165) is 38.6 Å². The average Bonchev–Trinajstić information content (AvgIpc) is 3.50. The van der Waals surface area contributed by atoms with Gasteiger partial charge in [0.1, 0.15) is 0 Å². The van der Waals surface area contributed by atoms with Crippen molar-refractivity contribution in [3.05, 3.63) is 11.1 Å². The lowest BCUT2D eigenvalue weighted by Gasteiger charge is -2.33. The number of carbonyl (C=O) groups is 2.